The van der Waals surface area contributed by atoms with Crippen LogP contribution in [0, 0.1) is 0 Å². The first kappa shape index (κ1) is 13.0. The van der Waals surface area contributed by atoms with Crippen LogP contribution in [-0.2, 0) is 17.6 Å². The van der Waals surface area contributed by atoms with E-state index in [1.165, 1.54) is 0 Å². The Kier molecular flexibility index (Phi) is 4.74. The van der Waals surface area contributed by atoms with Gasteiger partial charge in [-0.1, -0.05) is 25.4 Å². The lowest BCUT2D eigenvalue weighted by atomic mass is 10.0. The van der Waals surface area contributed by atoms with Crippen molar-refractivity contribution in [3.05, 3.63) is 28.0 Å². The van der Waals surface area contributed by atoms with Crippen molar-refractivity contribution in [3.63, 3.8) is 0 Å². The highest BCUT2D eigenvalue weighted by Crippen LogP contribution is 2.20. The first-order valence-electron chi connectivity index (χ1n) is 5.49. The normalized spacial score (nSPS) is 10.2. The number of nitrogens with zero attached hydrogens (tertiary/aromatic N) is 1. The molecule has 0 fully saturated rings. The molecule has 0 saturated heterocycles. The summed E-state index contributed by atoms with van der Waals surface area (Å²) < 4.78 is 5.03. The van der Waals surface area contributed by atoms with Gasteiger partial charge in [0.1, 0.15) is 5.15 Å². The van der Waals surface area contributed by atoms with E-state index in [-0.39, 0.29) is 5.97 Å². The molecular weight excluding hydrogens is 226 g/mol. The zero-order chi connectivity index (χ0) is 12.1. The molecule has 0 unspecified atom stereocenters. The standard InChI is InChI=1S/C12H16ClNO2/c1-4-8-7-10(13)14-9(5-2)11(8)12(15)16-6-3/h7H,4-6H2,1-3H3. The summed E-state index contributed by atoms with van der Waals surface area (Å²) in [4.78, 5) is 16.0. The summed E-state index contributed by atoms with van der Waals surface area (Å²) in [6.45, 7) is 6.08. The van der Waals surface area contributed by atoms with Gasteiger partial charge in [-0.15, -0.1) is 0 Å². The smallest absolute Gasteiger partial charge is 0.340 e. The maximum atomic E-state index is 11.8. The Balaban J connectivity index is 3.27. The van der Waals surface area contributed by atoms with Gasteiger partial charge in [0, 0.05) is 0 Å². The Morgan fingerprint density at radius 3 is 2.56 bits per heavy atom. The summed E-state index contributed by atoms with van der Waals surface area (Å²) in [7, 11) is 0. The summed E-state index contributed by atoms with van der Waals surface area (Å²) in [5, 5.41) is 0.432. The molecule has 1 aromatic rings. The molecule has 0 amide bonds. The molecule has 0 atom stereocenters. The van der Waals surface area contributed by atoms with Gasteiger partial charge in [0.25, 0.3) is 0 Å². The van der Waals surface area contributed by atoms with E-state index >= 15 is 0 Å². The van der Waals surface area contributed by atoms with Crippen LogP contribution in [0.25, 0.3) is 0 Å². The first-order valence-corrected chi connectivity index (χ1v) is 5.87. The van der Waals surface area contributed by atoms with E-state index in [2.05, 4.69) is 4.98 Å². The molecule has 0 aliphatic carbocycles. The molecule has 0 N–H and O–H groups in total. The number of carbonyl (C=O) groups excluding carboxylic acids is 1. The van der Waals surface area contributed by atoms with E-state index in [4.69, 9.17) is 16.3 Å². The lowest BCUT2D eigenvalue weighted by Gasteiger charge is -2.11. The monoisotopic (exact) mass is 241 g/mol. The summed E-state index contributed by atoms with van der Waals surface area (Å²) >= 11 is 5.90. The van der Waals surface area contributed by atoms with Gasteiger partial charge in [-0.05, 0) is 31.4 Å². The van der Waals surface area contributed by atoms with Crippen molar-refractivity contribution in [1.82, 2.24) is 4.98 Å². The maximum absolute atomic E-state index is 11.8. The Morgan fingerprint density at radius 2 is 2.06 bits per heavy atom. The molecule has 1 aromatic heterocycles. The second kappa shape index (κ2) is 5.85. The molecule has 16 heavy (non-hydrogen) atoms. The largest absolute Gasteiger partial charge is 0.462 e. The van der Waals surface area contributed by atoms with E-state index in [1.54, 1.807) is 13.0 Å². The van der Waals surface area contributed by atoms with E-state index < -0.39 is 0 Å². The molecule has 4 heteroatoms. The number of hydrogen-bond donors (Lipinski definition) is 0. The molecule has 1 heterocycles. The van der Waals surface area contributed by atoms with Crippen LogP contribution in [0.2, 0.25) is 5.15 Å². The molecule has 0 radical (unpaired) electrons. The predicted octanol–water partition coefficient (Wildman–Crippen LogP) is 3.04. The minimum Gasteiger partial charge on any atom is -0.462 e. The lowest BCUT2D eigenvalue weighted by Crippen LogP contribution is -2.13. The molecule has 0 aliphatic heterocycles. The van der Waals surface area contributed by atoms with Gasteiger partial charge >= 0.3 is 5.97 Å². The van der Waals surface area contributed by atoms with E-state index in [0.29, 0.717) is 29.4 Å². The molecule has 1 rings (SSSR count). The van der Waals surface area contributed by atoms with Crippen molar-refractivity contribution in [2.75, 3.05) is 6.61 Å². The number of ether oxygens (including phenoxy) is 1. The highest BCUT2D eigenvalue weighted by atomic mass is 35.5. The number of hydrogen-bond acceptors (Lipinski definition) is 3. The van der Waals surface area contributed by atoms with Crippen molar-refractivity contribution >= 4 is 17.6 Å². The average Bonchev–Trinajstić information content (AvgIpc) is 2.27. The zero-order valence-corrected chi connectivity index (χ0v) is 10.6. The number of rotatable bonds is 4. The van der Waals surface area contributed by atoms with Gasteiger partial charge in [-0.3, -0.25) is 0 Å². The average molecular weight is 242 g/mol. The van der Waals surface area contributed by atoms with Crippen molar-refractivity contribution in [2.45, 2.75) is 33.6 Å². The Labute approximate surface area is 101 Å². The number of esters is 1. The van der Waals surface area contributed by atoms with Crippen LogP contribution < -0.4 is 0 Å². The molecule has 0 spiro atoms. The van der Waals surface area contributed by atoms with Gasteiger partial charge in [-0.25, -0.2) is 9.78 Å². The summed E-state index contributed by atoms with van der Waals surface area (Å²) in [5.74, 6) is -0.305. The minimum atomic E-state index is -0.305. The number of halogens is 1. The fourth-order valence-corrected chi connectivity index (χ4v) is 1.84. The number of aromatic nitrogens is 1. The fraction of sp³-hybridized carbons (Fsp3) is 0.500. The van der Waals surface area contributed by atoms with E-state index in [1.807, 2.05) is 13.8 Å². The van der Waals surface area contributed by atoms with Gasteiger partial charge in [-0.2, -0.15) is 0 Å². The third-order valence-corrected chi connectivity index (χ3v) is 2.53. The van der Waals surface area contributed by atoms with Crippen LogP contribution in [0.1, 0.15) is 42.4 Å². The van der Waals surface area contributed by atoms with E-state index in [0.717, 1.165) is 12.0 Å². The molecule has 3 nitrogen and oxygen atoms in total. The van der Waals surface area contributed by atoms with E-state index in [9.17, 15) is 4.79 Å². The van der Waals surface area contributed by atoms with Crippen LogP contribution in [0.3, 0.4) is 0 Å². The van der Waals surface area contributed by atoms with Crippen LogP contribution in [0.4, 0.5) is 0 Å². The summed E-state index contributed by atoms with van der Waals surface area (Å²) in [5.41, 5.74) is 2.19. The van der Waals surface area contributed by atoms with Crippen molar-refractivity contribution in [2.24, 2.45) is 0 Å². The van der Waals surface area contributed by atoms with Crippen molar-refractivity contribution in [1.29, 1.82) is 0 Å². The summed E-state index contributed by atoms with van der Waals surface area (Å²) in [6, 6.07) is 1.73. The molecule has 0 aliphatic rings. The van der Waals surface area contributed by atoms with Crippen molar-refractivity contribution in [3.8, 4) is 0 Å². The Bertz CT molecular complexity index is 366. The number of aryl methyl sites for hydroxylation is 2. The third kappa shape index (κ3) is 2.73. The zero-order valence-electron chi connectivity index (χ0n) is 9.84. The molecular formula is C12H16ClNO2. The minimum absolute atomic E-state index is 0.305. The summed E-state index contributed by atoms with van der Waals surface area (Å²) in [6.07, 6.45) is 1.41. The second-order valence-corrected chi connectivity index (χ2v) is 3.74. The van der Waals surface area contributed by atoms with Gasteiger partial charge in [0.05, 0.1) is 17.9 Å². The highest BCUT2D eigenvalue weighted by Gasteiger charge is 2.18. The number of pyridine rings is 1. The number of carbonyl (C=O) groups is 1. The molecule has 0 aromatic carbocycles. The van der Waals surface area contributed by atoms with Crippen LogP contribution in [0.5, 0.6) is 0 Å². The van der Waals surface area contributed by atoms with Gasteiger partial charge < -0.3 is 4.74 Å². The molecule has 0 saturated carbocycles. The highest BCUT2D eigenvalue weighted by molar-refractivity contribution is 6.29. The fourth-order valence-electron chi connectivity index (χ4n) is 1.61. The Hall–Kier alpha value is -1.09. The quantitative estimate of drug-likeness (QED) is 0.601. The first-order chi connectivity index (χ1) is 7.63. The van der Waals surface area contributed by atoms with Gasteiger partial charge in [0.2, 0.25) is 0 Å². The SMILES string of the molecule is CCOC(=O)c1c(CC)cc(Cl)nc1CC. The molecule has 0 bridgehead atoms. The predicted molar refractivity (Wildman–Crippen MR) is 64.0 cm³/mol. The van der Waals surface area contributed by atoms with Gasteiger partial charge in [0.15, 0.2) is 0 Å². The maximum Gasteiger partial charge on any atom is 0.340 e. The van der Waals surface area contributed by atoms with Crippen LogP contribution in [-0.4, -0.2) is 17.6 Å². The topological polar surface area (TPSA) is 39.2 Å². The Morgan fingerprint density at radius 1 is 1.38 bits per heavy atom. The second-order valence-electron chi connectivity index (χ2n) is 3.35. The van der Waals surface area contributed by atoms with Crippen LogP contribution in [0.15, 0.2) is 6.07 Å². The lowest BCUT2D eigenvalue weighted by molar-refractivity contribution is 0.0523. The third-order valence-electron chi connectivity index (χ3n) is 2.34. The van der Waals surface area contributed by atoms with Crippen LogP contribution >= 0.6 is 11.6 Å². The van der Waals surface area contributed by atoms with Crippen molar-refractivity contribution < 1.29 is 9.53 Å². The molecule has 88 valence electrons.